The first-order valence-corrected chi connectivity index (χ1v) is 7.99. The van der Waals surface area contributed by atoms with Gasteiger partial charge in [0.05, 0.1) is 15.7 Å². The Balaban J connectivity index is 2.18. The fourth-order valence-corrected chi connectivity index (χ4v) is 2.74. The predicted octanol–water partition coefficient (Wildman–Crippen LogP) is 3.78. The first-order valence-electron chi connectivity index (χ1n) is 6.91. The number of carbonyl (C=O) groups is 2. The minimum absolute atomic E-state index is 0.230. The van der Waals surface area contributed by atoms with Gasteiger partial charge in [0, 0.05) is 5.56 Å². The van der Waals surface area contributed by atoms with Crippen molar-refractivity contribution in [2.75, 3.05) is 6.61 Å². The highest BCUT2D eigenvalue weighted by atomic mass is 127. The van der Waals surface area contributed by atoms with Crippen molar-refractivity contribution in [3.63, 3.8) is 0 Å². The number of ether oxygens (including phenoxy) is 2. The van der Waals surface area contributed by atoms with Crippen LogP contribution in [0.4, 0.5) is 0 Å². The van der Waals surface area contributed by atoms with E-state index in [0.717, 1.165) is 15.4 Å². The number of carboxylic acid groups (broad SMARTS) is 1. The van der Waals surface area contributed by atoms with Gasteiger partial charge in [-0.15, -0.1) is 0 Å². The lowest BCUT2D eigenvalue weighted by Crippen LogP contribution is -2.03. The van der Waals surface area contributed by atoms with Crippen molar-refractivity contribution in [3.8, 4) is 11.5 Å². The van der Waals surface area contributed by atoms with E-state index >= 15 is 0 Å². The summed E-state index contributed by atoms with van der Waals surface area (Å²) in [5.41, 5.74) is 1.59. The Bertz CT molecular complexity index is 710. The molecule has 2 rings (SSSR count). The smallest absolute Gasteiger partial charge is 0.335 e. The molecule has 0 aromatic heterocycles. The molecule has 0 aliphatic carbocycles. The highest BCUT2D eigenvalue weighted by Crippen LogP contribution is 2.34. The summed E-state index contributed by atoms with van der Waals surface area (Å²) in [5.74, 6) is 0.124. The Morgan fingerprint density at radius 3 is 2.48 bits per heavy atom. The molecule has 0 aliphatic heterocycles. The first-order chi connectivity index (χ1) is 11.0. The maximum Gasteiger partial charge on any atom is 0.335 e. The van der Waals surface area contributed by atoms with Crippen molar-refractivity contribution >= 4 is 34.8 Å². The molecule has 0 spiro atoms. The number of carboxylic acids is 1. The Morgan fingerprint density at radius 2 is 1.91 bits per heavy atom. The van der Waals surface area contributed by atoms with Gasteiger partial charge in [0.15, 0.2) is 11.5 Å². The largest absolute Gasteiger partial charge is 0.490 e. The van der Waals surface area contributed by atoms with E-state index < -0.39 is 5.97 Å². The Kier molecular flexibility index (Phi) is 5.97. The fraction of sp³-hybridized carbons (Fsp3) is 0.176. The quantitative estimate of drug-likeness (QED) is 0.539. The highest BCUT2D eigenvalue weighted by Gasteiger charge is 2.12. The number of hydrogen-bond acceptors (Lipinski definition) is 4. The summed E-state index contributed by atoms with van der Waals surface area (Å²) in [6.45, 7) is 2.59. The average Bonchev–Trinajstić information content (AvgIpc) is 2.54. The van der Waals surface area contributed by atoms with Crippen LogP contribution in [0, 0.1) is 3.57 Å². The average molecular weight is 426 g/mol. The van der Waals surface area contributed by atoms with Crippen LogP contribution in [0.3, 0.4) is 0 Å². The third-order valence-electron chi connectivity index (χ3n) is 3.05. The van der Waals surface area contributed by atoms with E-state index in [1.54, 1.807) is 24.3 Å². The SMILES string of the molecule is CCOc1cc(C=O)cc(I)c1OCc1ccc(C(=O)O)cc1. The maximum atomic E-state index is 10.9. The van der Waals surface area contributed by atoms with Crippen LogP contribution < -0.4 is 9.47 Å². The Labute approximate surface area is 147 Å². The number of hydrogen-bond donors (Lipinski definition) is 1. The molecular formula is C17H15IO5. The van der Waals surface area contributed by atoms with Crippen molar-refractivity contribution in [1.29, 1.82) is 0 Å². The molecule has 0 saturated carbocycles. The topological polar surface area (TPSA) is 72.8 Å². The number of benzene rings is 2. The zero-order valence-corrected chi connectivity index (χ0v) is 14.6. The summed E-state index contributed by atoms with van der Waals surface area (Å²) >= 11 is 2.09. The standard InChI is InChI=1S/C17H15IO5/c1-2-22-15-8-12(9-19)7-14(18)16(15)23-10-11-3-5-13(6-4-11)17(20)21/h3-9H,2,10H2,1H3,(H,20,21). The molecular weight excluding hydrogens is 411 g/mol. The molecule has 0 amide bonds. The molecule has 0 unspecified atom stereocenters. The van der Waals surface area contributed by atoms with E-state index in [-0.39, 0.29) is 12.2 Å². The molecule has 0 saturated heterocycles. The molecule has 0 radical (unpaired) electrons. The molecule has 2 aromatic carbocycles. The van der Waals surface area contributed by atoms with Crippen molar-refractivity contribution in [2.24, 2.45) is 0 Å². The van der Waals surface area contributed by atoms with Gasteiger partial charge in [-0.05, 0) is 59.3 Å². The molecule has 0 atom stereocenters. The monoisotopic (exact) mass is 426 g/mol. The third-order valence-corrected chi connectivity index (χ3v) is 3.85. The summed E-state index contributed by atoms with van der Waals surface area (Å²) < 4.78 is 12.1. The molecule has 1 N–H and O–H groups in total. The van der Waals surface area contributed by atoms with Gasteiger partial charge in [-0.3, -0.25) is 4.79 Å². The summed E-state index contributed by atoms with van der Waals surface area (Å²) in [4.78, 5) is 21.8. The van der Waals surface area contributed by atoms with Crippen LogP contribution in [0.1, 0.15) is 33.2 Å². The zero-order valence-electron chi connectivity index (χ0n) is 12.4. The van der Waals surface area contributed by atoms with E-state index in [1.807, 2.05) is 6.92 Å². The van der Waals surface area contributed by atoms with Gasteiger partial charge < -0.3 is 14.6 Å². The summed E-state index contributed by atoms with van der Waals surface area (Å²) in [6.07, 6.45) is 0.763. The Hall–Kier alpha value is -2.09. The van der Waals surface area contributed by atoms with Crippen LogP contribution in [0.15, 0.2) is 36.4 Å². The lowest BCUT2D eigenvalue weighted by atomic mass is 10.1. The molecule has 0 bridgehead atoms. The molecule has 23 heavy (non-hydrogen) atoms. The molecule has 0 heterocycles. The normalized spacial score (nSPS) is 10.2. The van der Waals surface area contributed by atoms with Gasteiger partial charge >= 0.3 is 5.97 Å². The van der Waals surface area contributed by atoms with E-state index in [2.05, 4.69) is 22.6 Å². The van der Waals surface area contributed by atoms with E-state index in [4.69, 9.17) is 14.6 Å². The van der Waals surface area contributed by atoms with Crippen LogP contribution in [0.5, 0.6) is 11.5 Å². The van der Waals surface area contributed by atoms with Crippen LogP contribution in [0.25, 0.3) is 0 Å². The molecule has 0 aliphatic rings. The van der Waals surface area contributed by atoms with Gasteiger partial charge in [0.25, 0.3) is 0 Å². The third kappa shape index (κ3) is 4.44. The summed E-state index contributed by atoms with van der Waals surface area (Å²) in [7, 11) is 0. The number of halogens is 1. The molecule has 2 aromatic rings. The molecule has 0 fully saturated rings. The second-order valence-electron chi connectivity index (χ2n) is 4.67. The van der Waals surface area contributed by atoms with Crippen molar-refractivity contribution in [3.05, 3.63) is 56.7 Å². The number of aldehydes is 1. The van der Waals surface area contributed by atoms with Crippen molar-refractivity contribution in [1.82, 2.24) is 0 Å². The summed E-state index contributed by atoms with van der Waals surface area (Å²) in [5, 5.41) is 8.89. The van der Waals surface area contributed by atoms with Gasteiger partial charge in [0.2, 0.25) is 0 Å². The van der Waals surface area contributed by atoms with Gasteiger partial charge in [0.1, 0.15) is 12.9 Å². The Morgan fingerprint density at radius 1 is 1.22 bits per heavy atom. The second kappa shape index (κ2) is 7.96. The minimum atomic E-state index is -0.963. The van der Waals surface area contributed by atoms with E-state index in [0.29, 0.717) is 23.7 Å². The van der Waals surface area contributed by atoms with Crippen LogP contribution >= 0.6 is 22.6 Å². The number of carbonyl (C=O) groups excluding carboxylic acids is 1. The van der Waals surface area contributed by atoms with Crippen molar-refractivity contribution < 1.29 is 24.2 Å². The number of rotatable bonds is 7. The van der Waals surface area contributed by atoms with Crippen LogP contribution in [0.2, 0.25) is 0 Å². The zero-order chi connectivity index (χ0) is 16.8. The van der Waals surface area contributed by atoms with Crippen LogP contribution in [-0.2, 0) is 6.61 Å². The van der Waals surface area contributed by atoms with Crippen molar-refractivity contribution in [2.45, 2.75) is 13.5 Å². The molecule has 120 valence electrons. The van der Waals surface area contributed by atoms with E-state index in [9.17, 15) is 9.59 Å². The number of aromatic carboxylic acids is 1. The fourth-order valence-electron chi connectivity index (χ4n) is 1.96. The predicted molar refractivity (Wildman–Crippen MR) is 93.4 cm³/mol. The lowest BCUT2D eigenvalue weighted by molar-refractivity contribution is 0.0696. The summed E-state index contributed by atoms with van der Waals surface area (Å²) in [6, 6.07) is 9.84. The first kappa shape index (κ1) is 17.3. The van der Waals surface area contributed by atoms with E-state index in [1.165, 1.54) is 12.1 Å². The second-order valence-corrected chi connectivity index (χ2v) is 5.83. The van der Waals surface area contributed by atoms with Gasteiger partial charge in [-0.2, -0.15) is 0 Å². The van der Waals surface area contributed by atoms with Gasteiger partial charge in [-0.25, -0.2) is 4.79 Å². The lowest BCUT2D eigenvalue weighted by Gasteiger charge is -2.14. The molecule has 6 heteroatoms. The van der Waals surface area contributed by atoms with Gasteiger partial charge in [-0.1, -0.05) is 12.1 Å². The molecule has 5 nitrogen and oxygen atoms in total. The minimum Gasteiger partial charge on any atom is -0.490 e. The highest BCUT2D eigenvalue weighted by molar-refractivity contribution is 14.1. The maximum absolute atomic E-state index is 10.9. The van der Waals surface area contributed by atoms with Crippen LogP contribution in [-0.4, -0.2) is 24.0 Å².